The average molecular weight is 186 g/mol. The molecule has 0 saturated carbocycles. The normalized spacial score (nSPS) is 12.9. The van der Waals surface area contributed by atoms with Gasteiger partial charge in [0.25, 0.3) is 0 Å². The van der Waals surface area contributed by atoms with Gasteiger partial charge in [-0.25, -0.2) is 8.78 Å². The second-order valence-corrected chi connectivity index (χ2v) is 2.83. The molecule has 1 aromatic rings. The van der Waals surface area contributed by atoms with Gasteiger partial charge in [-0.3, -0.25) is 0 Å². The number of benzene rings is 1. The van der Waals surface area contributed by atoms with Crippen molar-refractivity contribution < 1.29 is 8.78 Å². The number of nitrogens with one attached hydrogen (secondary N) is 1. The molecule has 3 N–H and O–H groups in total. The molecule has 2 nitrogen and oxygen atoms in total. The largest absolute Gasteiger partial charge is 0.323 e. The Balaban J connectivity index is 2.88. The lowest BCUT2D eigenvalue weighted by molar-refractivity contribution is 0.547. The summed E-state index contributed by atoms with van der Waals surface area (Å²) in [6, 6.07) is 2.97. The van der Waals surface area contributed by atoms with Crippen molar-refractivity contribution in [2.24, 2.45) is 5.73 Å². The minimum absolute atomic E-state index is 0.329. The third-order valence-corrected chi connectivity index (χ3v) is 1.79. The molecule has 0 amide bonds. The Labute approximate surface area is 75.7 Å². The molecular weight excluding hydrogens is 174 g/mol. The van der Waals surface area contributed by atoms with Crippen molar-refractivity contribution in [2.45, 2.75) is 6.04 Å². The van der Waals surface area contributed by atoms with E-state index >= 15 is 0 Å². The van der Waals surface area contributed by atoms with Crippen molar-refractivity contribution in [2.75, 3.05) is 13.6 Å². The van der Waals surface area contributed by atoms with E-state index in [1.807, 2.05) is 0 Å². The first kappa shape index (κ1) is 10.1. The maximum absolute atomic E-state index is 13.1. The van der Waals surface area contributed by atoms with Gasteiger partial charge in [0.2, 0.25) is 0 Å². The van der Waals surface area contributed by atoms with Gasteiger partial charge in [0.05, 0.1) is 0 Å². The zero-order valence-corrected chi connectivity index (χ0v) is 7.35. The van der Waals surface area contributed by atoms with Crippen LogP contribution in [0.25, 0.3) is 0 Å². The van der Waals surface area contributed by atoms with E-state index in [4.69, 9.17) is 5.73 Å². The van der Waals surface area contributed by atoms with Crippen LogP contribution in [0, 0.1) is 11.6 Å². The molecular formula is C9H12F2N2. The molecule has 0 aliphatic carbocycles. The van der Waals surface area contributed by atoms with Gasteiger partial charge in [0, 0.05) is 24.2 Å². The summed E-state index contributed by atoms with van der Waals surface area (Å²) in [5, 5.41) is 2.82. The van der Waals surface area contributed by atoms with Crippen LogP contribution >= 0.6 is 0 Å². The highest BCUT2D eigenvalue weighted by atomic mass is 19.1. The molecule has 0 aromatic heterocycles. The Bertz CT molecular complexity index is 289. The molecule has 0 fully saturated rings. The monoisotopic (exact) mass is 186 g/mol. The lowest BCUT2D eigenvalue weighted by atomic mass is 10.1. The fourth-order valence-electron chi connectivity index (χ4n) is 1.13. The number of likely N-dealkylation sites (N-methyl/N-ethyl adjacent to an activating group) is 1. The number of hydrogen-bond acceptors (Lipinski definition) is 2. The second kappa shape index (κ2) is 4.30. The zero-order chi connectivity index (χ0) is 9.84. The van der Waals surface area contributed by atoms with E-state index < -0.39 is 17.7 Å². The molecule has 0 bridgehead atoms. The fourth-order valence-corrected chi connectivity index (χ4v) is 1.13. The van der Waals surface area contributed by atoms with E-state index in [1.165, 1.54) is 12.1 Å². The lowest BCUT2D eigenvalue weighted by Gasteiger charge is -2.11. The second-order valence-electron chi connectivity index (χ2n) is 2.83. The SMILES string of the molecule is CNCC(N)c1ccc(F)cc1F. The summed E-state index contributed by atoms with van der Waals surface area (Å²) in [6.07, 6.45) is 0. The smallest absolute Gasteiger partial charge is 0.130 e. The minimum Gasteiger partial charge on any atom is -0.323 e. The quantitative estimate of drug-likeness (QED) is 0.744. The summed E-state index contributed by atoms with van der Waals surface area (Å²) in [5.74, 6) is -1.18. The van der Waals surface area contributed by atoms with Crippen molar-refractivity contribution in [3.63, 3.8) is 0 Å². The van der Waals surface area contributed by atoms with E-state index in [0.29, 0.717) is 12.1 Å². The Morgan fingerprint density at radius 1 is 1.46 bits per heavy atom. The topological polar surface area (TPSA) is 38.0 Å². The average Bonchev–Trinajstić information content (AvgIpc) is 2.04. The first-order valence-corrected chi connectivity index (χ1v) is 4.00. The molecule has 1 rings (SSSR count). The zero-order valence-electron chi connectivity index (χ0n) is 7.35. The minimum atomic E-state index is -0.595. The Hall–Kier alpha value is -1.00. The van der Waals surface area contributed by atoms with Gasteiger partial charge >= 0.3 is 0 Å². The Morgan fingerprint density at radius 3 is 2.69 bits per heavy atom. The van der Waals surface area contributed by atoms with Crippen LogP contribution in [0.5, 0.6) is 0 Å². The summed E-state index contributed by atoms with van der Waals surface area (Å²) < 4.78 is 25.6. The first-order valence-electron chi connectivity index (χ1n) is 4.00. The molecule has 1 atom stereocenters. The van der Waals surface area contributed by atoms with Crippen LogP contribution in [-0.2, 0) is 0 Å². The number of rotatable bonds is 3. The fraction of sp³-hybridized carbons (Fsp3) is 0.333. The summed E-state index contributed by atoms with van der Waals surface area (Å²) in [5.41, 5.74) is 5.96. The molecule has 4 heteroatoms. The van der Waals surface area contributed by atoms with Crippen LogP contribution in [0.3, 0.4) is 0 Å². The number of nitrogens with two attached hydrogens (primary N) is 1. The highest BCUT2D eigenvalue weighted by Gasteiger charge is 2.10. The van der Waals surface area contributed by atoms with Crippen LogP contribution < -0.4 is 11.1 Å². The molecule has 13 heavy (non-hydrogen) atoms. The highest BCUT2D eigenvalue weighted by molar-refractivity contribution is 5.22. The van der Waals surface area contributed by atoms with E-state index in [2.05, 4.69) is 5.32 Å². The van der Waals surface area contributed by atoms with Crippen LogP contribution in [-0.4, -0.2) is 13.6 Å². The molecule has 0 spiro atoms. The molecule has 1 aromatic carbocycles. The predicted molar refractivity (Wildman–Crippen MR) is 47.2 cm³/mol. The van der Waals surface area contributed by atoms with Gasteiger partial charge in [-0.1, -0.05) is 6.07 Å². The predicted octanol–water partition coefficient (Wildman–Crippen LogP) is 1.18. The van der Waals surface area contributed by atoms with Crippen molar-refractivity contribution in [3.8, 4) is 0 Å². The van der Waals surface area contributed by atoms with E-state index in [9.17, 15) is 8.78 Å². The van der Waals surface area contributed by atoms with Crippen LogP contribution in [0.2, 0.25) is 0 Å². The molecule has 1 unspecified atom stereocenters. The van der Waals surface area contributed by atoms with Gasteiger partial charge in [0.15, 0.2) is 0 Å². The summed E-state index contributed by atoms with van der Waals surface area (Å²) >= 11 is 0. The van der Waals surface area contributed by atoms with Gasteiger partial charge in [-0.2, -0.15) is 0 Å². The Kier molecular flexibility index (Phi) is 3.33. The third-order valence-electron chi connectivity index (χ3n) is 1.79. The van der Waals surface area contributed by atoms with Gasteiger partial charge < -0.3 is 11.1 Å². The van der Waals surface area contributed by atoms with Gasteiger partial charge in [0.1, 0.15) is 11.6 Å². The van der Waals surface area contributed by atoms with Crippen molar-refractivity contribution in [1.29, 1.82) is 0 Å². The molecule has 0 aliphatic heterocycles. The van der Waals surface area contributed by atoms with E-state index in [-0.39, 0.29) is 0 Å². The molecule has 0 radical (unpaired) electrons. The Morgan fingerprint density at radius 2 is 2.15 bits per heavy atom. The summed E-state index contributed by atoms with van der Waals surface area (Å²) in [7, 11) is 1.72. The highest BCUT2D eigenvalue weighted by Crippen LogP contribution is 2.15. The summed E-state index contributed by atoms with van der Waals surface area (Å²) in [4.78, 5) is 0. The van der Waals surface area contributed by atoms with Gasteiger partial charge in [-0.15, -0.1) is 0 Å². The molecule has 0 saturated heterocycles. The lowest BCUT2D eigenvalue weighted by Crippen LogP contribution is -2.24. The van der Waals surface area contributed by atoms with E-state index in [0.717, 1.165) is 6.07 Å². The van der Waals surface area contributed by atoms with Crippen LogP contribution in [0.4, 0.5) is 8.78 Å². The first-order chi connectivity index (χ1) is 6.15. The summed E-state index contributed by atoms with van der Waals surface area (Å²) in [6.45, 7) is 0.461. The number of halogens is 2. The van der Waals surface area contributed by atoms with Crippen molar-refractivity contribution >= 4 is 0 Å². The maximum atomic E-state index is 13.1. The van der Waals surface area contributed by atoms with Crippen LogP contribution in [0.1, 0.15) is 11.6 Å². The molecule has 72 valence electrons. The number of hydrogen-bond donors (Lipinski definition) is 2. The molecule has 0 heterocycles. The third kappa shape index (κ3) is 2.47. The van der Waals surface area contributed by atoms with Crippen molar-refractivity contribution in [1.82, 2.24) is 5.32 Å². The van der Waals surface area contributed by atoms with Gasteiger partial charge in [-0.05, 0) is 13.1 Å². The van der Waals surface area contributed by atoms with Crippen molar-refractivity contribution in [3.05, 3.63) is 35.4 Å². The van der Waals surface area contributed by atoms with Crippen LogP contribution in [0.15, 0.2) is 18.2 Å². The van der Waals surface area contributed by atoms with E-state index in [1.54, 1.807) is 7.05 Å². The standard InChI is InChI=1S/C9H12F2N2/c1-13-5-9(12)7-3-2-6(10)4-8(7)11/h2-4,9,13H,5,12H2,1H3. The molecule has 0 aliphatic rings. The maximum Gasteiger partial charge on any atom is 0.130 e.